The number of hydrogen-bond acceptors (Lipinski definition) is 1. The Morgan fingerprint density at radius 3 is 2.17 bits per heavy atom. The second-order valence-electron chi connectivity index (χ2n) is 3.22. The van der Waals surface area contributed by atoms with Gasteiger partial charge in [-0.2, -0.15) is 0 Å². The molecule has 3 heteroatoms. The lowest BCUT2D eigenvalue weighted by Crippen LogP contribution is -2.19. The van der Waals surface area contributed by atoms with Crippen molar-refractivity contribution < 1.29 is 8.82 Å². The third-order valence-corrected chi connectivity index (χ3v) is 3.07. The minimum absolute atomic E-state index is 0.206. The van der Waals surface area contributed by atoms with Crippen LogP contribution in [0, 0.1) is 5.82 Å². The minimum Gasteiger partial charge on any atom is -0.419 e. The Hall–Kier alpha value is -0.673. The molecule has 1 rings (SSSR count). The highest BCUT2D eigenvalue weighted by atomic mass is 28.2. The molecular weight excluding hydrogens is 171 g/mol. The molecule has 0 N–H and O–H groups in total. The molecule has 0 fully saturated rings. The first kappa shape index (κ1) is 9.42. The van der Waals surface area contributed by atoms with Crippen molar-refractivity contribution in [3.05, 3.63) is 35.6 Å². The SMILES string of the molecule is CC(C)(O[SiH3])c1ccc(F)cc1. The normalized spacial score (nSPS) is 11.9. The van der Waals surface area contributed by atoms with Crippen LogP contribution in [0.15, 0.2) is 24.3 Å². The van der Waals surface area contributed by atoms with Crippen molar-refractivity contribution in [2.45, 2.75) is 19.4 Å². The summed E-state index contributed by atoms with van der Waals surface area (Å²) in [6.07, 6.45) is 0. The maximum absolute atomic E-state index is 12.5. The average molecular weight is 184 g/mol. The van der Waals surface area contributed by atoms with Crippen LogP contribution in [-0.4, -0.2) is 10.5 Å². The summed E-state index contributed by atoms with van der Waals surface area (Å²) in [5.74, 6) is -0.206. The largest absolute Gasteiger partial charge is 0.419 e. The molecule has 0 saturated heterocycles. The van der Waals surface area contributed by atoms with Gasteiger partial charge in [0.05, 0.1) is 5.60 Å². The summed E-state index contributed by atoms with van der Waals surface area (Å²) in [4.78, 5) is 0. The molecule has 0 saturated carbocycles. The van der Waals surface area contributed by atoms with Crippen LogP contribution in [0.1, 0.15) is 19.4 Å². The van der Waals surface area contributed by atoms with Crippen molar-refractivity contribution in [3.63, 3.8) is 0 Å². The van der Waals surface area contributed by atoms with Gasteiger partial charge in [-0.05, 0) is 31.5 Å². The first-order chi connectivity index (χ1) is 5.56. The highest BCUT2D eigenvalue weighted by molar-refractivity contribution is 5.98. The molecule has 1 aromatic carbocycles. The van der Waals surface area contributed by atoms with E-state index in [9.17, 15) is 4.39 Å². The molecule has 0 spiro atoms. The Labute approximate surface area is 75.1 Å². The van der Waals surface area contributed by atoms with E-state index in [4.69, 9.17) is 4.43 Å². The van der Waals surface area contributed by atoms with E-state index in [-0.39, 0.29) is 11.4 Å². The van der Waals surface area contributed by atoms with Gasteiger partial charge in [-0.15, -0.1) is 0 Å². The fourth-order valence-corrected chi connectivity index (χ4v) is 1.20. The van der Waals surface area contributed by atoms with Crippen LogP contribution in [-0.2, 0) is 10.0 Å². The second-order valence-corrected chi connectivity index (χ2v) is 3.63. The summed E-state index contributed by atoms with van der Waals surface area (Å²) in [7, 11) is 0.687. The zero-order valence-electron chi connectivity index (χ0n) is 7.60. The van der Waals surface area contributed by atoms with E-state index in [1.165, 1.54) is 12.1 Å². The topological polar surface area (TPSA) is 9.23 Å². The number of halogens is 1. The summed E-state index contributed by atoms with van der Waals surface area (Å²) < 4.78 is 17.9. The quantitative estimate of drug-likeness (QED) is 0.631. The van der Waals surface area contributed by atoms with Gasteiger partial charge >= 0.3 is 0 Å². The van der Waals surface area contributed by atoms with Crippen molar-refractivity contribution in [1.82, 2.24) is 0 Å². The predicted molar refractivity (Wildman–Crippen MR) is 50.5 cm³/mol. The van der Waals surface area contributed by atoms with E-state index < -0.39 is 0 Å². The predicted octanol–water partition coefficient (Wildman–Crippen LogP) is 1.36. The lowest BCUT2D eigenvalue weighted by atomic mass is 9.99. The molecular formula is C9H13FOSi. The van der Waals surface area contributed by atoms with Crippen LogP contribution in [0.4, 0.5) is 4.39 Å². The van der Waals surface area contributed by atoms with Gasteiger partial charge in [0, 0.05) is 0 Å². The fourth-order valence-electron chi connectivity index (χ4n) is 0.969. The maximum Gasteiger partial charge on any atom is 0.147 e. The zero-order chi connectivity index (χ0) is 9.19. The maximum atomic E-state index is 12.5. The van der Waals surface area contributed by atoms with Crippen LogP contribution in [0.25, 0.3) is 0 Å². The number of hydrogen-bond donors (Lipinski definition) is 0. The molecule has 0 atom stereocenters. The van der Waals surface area contributed by atoms with Crippen molar-refractivity contribution >= 4 is 10.5 Å². The van der Waals surface area contributed by atoms with Gasteiger partial charge in [0.25, 0.3) is 0 Å². The third kappa shape index (κ3) is 1.93. The van der Waals surface area contributed by atoms with Crippen molar-refractivity contribution in [2.75, 3.05) is 0 Å². The summed E-state index contributed by atoms with van der Waals surface area (Å²) in [6.45, 7) is 3.96. The highest BCUT2D eigenvalue weighted by Gasteiger charge is 2.17. The molecule has 0 amide bonds. The van der Waals surface area contributed by atoms with E-state index in [0.29, 0.717) is 10.5 Å². The molecule has 0 bridgehead atoms. The Balaban J connectivity index is 2.96. The average Bonchev–Trinajstić information content (AvgIpc) is 2.05. The standard InChI is InChI=1S/C9H13FOSi/c1-9(2,11-12)7-3-5-8(10)6-4-7/h3-6H,1-2,12H3. The molecule has 0 unspecified atom stereocenters. The minimum atomic E-state index is -0.278. The van der Waals surface area contributed by atoms with E-state index in [0.717, 1.165) is 5.56 Å². The van der Waals surface area contributed by atoms with E-state index in [1.54, 1.807) is 12.1 Å². The molecule has 66 valence electrons. The van der Waals surface area contributed by atoms with Crippen LogP contribution < -0.4 is 0 Å². The second kappa shape index (κ2) is 3.37. The fraction of sp³-hybridized carbons (Fsp3) is 0.333. The van der Waals surface area contributed by atoms with Crippen LogP contribution >= 0.6 is 0 Å². The van der Waals surface area contributed by atoms with Crippen LogP contribution in [0.3, 0.4) is 0 Å². The Morgan fingerprint density at radius 1 is 1.25 bits per heavy atom. The molecule has 1 aromatic rings. The summed E-state index contributed by atoms with van der Waals surface area (Å²) in [5, 5.41) is 0. The lowest BCUT2D eigenvalue weighted by Gasteiger charge is -2.24. The molecule has 0 aliphatic heterocycles. The van der Waals surface area contributed by atoms with Gasteiger partial charge in [0.15, 0.2) is 0 Å². The zero-order valence-corrected chi connectivity index (χ0v) is 9.60. The van der Waals surface area contributed by atoms with Crippen molar-refractivity contribution in [1.29, 1.82) is 0 Å². The molecule has 0 aromatic heterocycles. The van der Waals surface area contributed by atoms with Crippen LogP contribution in [0.2, 0.25) is 0 Å². The van der Waals surface area contributed by atoms with E-state index >= 15 is 0 Å². The van der Waals surface area contributed by atoms with Gasteiger partial charge in [-0.1, -0.05) is 12.1 Å². The smallest absolute Gasteiger partial charge is 0.147 e. The summed E-state index contributed by atoms with van der Waals surface area (Å²) in [6, 6.07) is 6.43. The first-order valence-electron chi connectivity index (χ1n) is 3.87. The lowest BCUT2D eigenvalue weighted by molar-refractivity contribution is 0.123. The van der Waals surface area contributed by atoms with E-state index in [2.05, 4.69) is 0 Å². The highest BCUT2D eigenvalue weighted by Crippen LogP contribution is 2.22. The molecule has 0 heterocycles. The summed E-state index contributed by atoms with van der Waals surface area (Å²) >= 11 is 0. The Morgan fingerprint density at radius 2 is 1.75 bits per heavy atom. The van der Waals surface area contributed by atoms with Crippen molar-refractivity contribution in [3.8, 4) is 0 Å². The molecule has 0 aliphatic rings. The van der Waals surface area contributed by atoms with Crippen molar-refractivity contribution in [2.24, 2.45) is 0 Å². The van der Waals surface area contributed by atoms with Gasteiger partial charge in [0.2, 0.25) is 0 Å². The number of benzene rings is 1. The molecule has 1 nitrogen and oxygen atoms in total. The van der Waals surface area contributed by atoms with Gasteiger partial charge in [-0.25, -0.2) is 4.39 Å². The van der Waals surface area contributed by atoms with Gasteiger partial charge in [0.1, 0.15) is 16.3 Å². The van der Waals surface area contributed by atoms with Crippen LogP contribution in [0.5, 0.6) is 0 Å². The molecule has 12 heavy (non-hydrogen) atoms. The molecule has 0 radical (unpaired) electrons. The first-order valence-corrected chi connectivity index (χ1v) is 4.69. The molecule has 0 aliphatic carbocycles. The van der Waals surface area contributed by atoms with E-state index in [1.807, 2.05) is 13.8 Å². The van der Waals surface area contributed by atoms with Gasteiger partial charge in [-0.3, -0.25) is 0 Å². The summed E-state index contributed by atoms with van der Waals surface area (Å²) in [5.41, 5.74) is 0.735. The number of rotatable bonds is 2. The van der Waals surface area contributed by atoms with Gasteiger partial charge < -0.3 is 4.43 Å². The Kier molecular flexibility index (Phi) is 2.64. The Bertz CT molecular complexity index is 256. The monoisotopic (exact) mass is 184 g/mol. The third-order valence-electron chi connectivity index (χ3n) is 2.05.